The van der Waals surface area contributed by atoms with E-state index in [1.54, 1.807) is 12.1 Å². The molecule has 1 aliphatic carbocycles. The topological polar surface area (TPSA) is 99.0 Å². The predicted molar refractivity (Wildman–Crippen MR) is 122 cm³/mol. The first-order chi connectivity index (χ1) is 16.6. The van der Waals surface area contributed by atoms with E-state index in [1.807, 2.05) is 31.2 Å². The summed E-state index contributed by atoms with van der Waals surface area (Å²) in [6.07, 6.45) is 4.15. The van der Waals surface area contributed by atoms with Gasteiger partial charge in [-0.15, -0.1) is 10.2 Å². The van der Waals surface area contributed by atoms with E-state index in [0.717, 1.165) is 48.1 Å². The Labute approximate surface area is 196 Å². The number of benzene rings is 2. The second-order valence-electron chi connectivity index (χ2n) is 8.50. The molecule has 0 aliphatic heterocycles. The highest BCUT2D eigenvalue weighted by atomic mass is 19.1. The summed E-state index contributed by atoms with van der Waals surface area (Å²) in [6, 6.07) is 14.1. The summed E-state index contributed by atoms with van der Waals surface area (Å²) in [7, 11) is 0. The Hall–Kier alpha value is -3.43. The SMILES string of the molecule is Cc1oc(-c2ccc(F)cc2)nc1COC1CCCC(OCc2cccc(-c3nn[nH]n3)c2)C1. The molecule has 2 unspecified atom stereocenters. The third kappa shape index (κ3) is 5.37. The van der Waals surface area contributed by atoms with Gasteiger partial charge in [-0.3, -0.25) is 0 Å². The van der Waals surface area contributed by atoms with Crippen molar-refractivity contribution in [2.24, 2.45) is 0 Å². The lowest BCUT2D eigenvalue weighted by Gasteiger charge is -2.29. The maximum atomic E-state index is 13.2. The number of halogens is 1. The average Bonchev–Trinajstić information content (AvgIpc) is 3.53. The van der Waals surface area contributed by atoms with E-state index in [4.69, 9.17) is 13.9 Å². The number of nitrogens with one attached hydrogen (secondary N) is 1. The van der Waals surface area contributed by atoms with E-state index < -0.39 is 0 Å². The number of ether oxygens (including phenoxy) is 2. The Morgan fingerprint density at radius 1 is 1.03 bits per heavy atom. The normalized spacial score (nSPS) is 18.3. The number of aromatic nitrogens is 5. The number of rotatable bonds is 8. The van der Waals surface area contributed by atoms with Crippen LogP contribution in [0.25, 0.3) is 22.8 Å². The number of oxazole rings is 1. The zero-order valence-electron chi connectivity index (χ0n) is 18.9. The molecular formula is C25H26FN5O3. The number of nitrogens with zero attached hydrogens (tertiary/aromatic N) is 4. The minimum absolute atomic E-state index is 0.106. The summed E-state index contributed by atoms with van der Waals surface area (Å²) in [5.74, 6) is 1.47. The lowest BCUT2D eigenvalue weighted by Crippen LogP contribution is -2.28. The molecule has 0 radical (unpaired) electrons. The molecule has 2 atom stereocenters. The predicted octanol–water partition coefficient (Wildman–Crippen LogP) is 5.01. The van der Waals surface area contributed by atoms with Gasteiger partial charge in [-0.05, 0) is 73.7 Å². The summed E-state index contributed by atoms with van der Waals surface area (Å²) in [6.45, 7) is 2.77. The maximum Gasteiger partial charge on any atom is 0.226 e. The van der Waals surface area contributed by atoms with Gasteiger partial charge in [0.25, 0.3) is 0 Å². The fraction of sp³-hybridized carbons (Fsp3) is 0.360. The smallest absolute Gasteiger partial charge is 0.226 e. The van der Waals surface area contributed by atoms with Crippen molar-refractivity contribution in [3.63, 3.8) is 0 Å². The van der Waals surface area contributed by atoms with Gasteiger partial charge >= 0.3 is 0 Å². The second kappa shape index (κ2) is 10.2. The largest absolute Gasteiger partial charge is 0.441 e. The van der Waals surface area contributed by atoms with Crippen LogP contribution in [0.2, 0.25) is 0 Å². The lowest BCUT2D eigenvalue weighted by molar-refractivity contribution is -0.0562. The third-order valence-electron chi connectivity index (χ3n) is 6.03. The number of aryl methyl sites for hydroxylation is 1. The van der Waals surface area contributed by atoms with E-state index in [1.165, 1.54) is 12.1 Å². The Balaban J connectivity index is 1.14. The van der Waals surface area contributed by atoms with E-state index in [0.29, 0.717) is 30.7 Å². The molecule has 9 heteroatoms. The monoisotopic (exact) mass is 463 g/mol. The van der Waals surface area contributed by atoms with Gasteiger partial charge in [0.2, 0.25) is 11.7 Å². The molecule has 1 aliphatic rings. The second-order valence-corrected chi connectivity index (χ2v) is 8.50. The molecule has 1 fully saturated rings. The zero-order chi connectivity index (χ0) is 23.3. The fourth-order valence-corrected chi connectivity index (χ4v) is 4.18. The molecule has 1 saturated carbocycles. The molecule has 34 heavy (non-hydrogen) atoms. The van der Waals surface area contributed by atoms with Crippen molar-refractivity contribution in [1.29, 1.82) is 0 Å². The van der Waals surface area contributed by atoms with Crippen molar-refractivity contribution in [3.8, 4) is 22.8 Å². The standard InChI is InChI=1S/C25H26FN5O3/c1-16-23(27-25(34-16)18-8-10-20(26)11-9-18)15-33-22-7-3-6-21(13-22)32-14-17-4-2-5-19(12-17)24-28-30-31-29-24/h2,4-5,8-12,21-22H,3,6-7,13-15H2,1H3,(H,28,29,30,31). The maximum absolute atomic E-state index is 13.2. The van der Waals surface area contributed by atoms with E-state index in [2.05, 4.69) is 25.6 Å². The van der Waals surface area contributed by atoms with Crippen LogP contribution in [0.3, 0.4) is 0 Å². The van der Waals surface area contributed by atoms with E-state index in [9.17, 15) is 4.39 Å². The summed E-state index contributed by atoms with van der Waals surface area (Å²) in [4.78, 5) is 4.56. The van der Waals surface area contributed by atoms with Gasteiger partial charge in [-0.25, -0.2) is 9.37 Å². The highest BCUT2D eigenvalue weighted by Gasteiger charge is 2.24. The van der Waals surface area contributed by atoms with Crippen LogP contribution in [-0.4, -0.2) is 37.8 Å². The Bertz CT molecular complexity index is 1210. The van der Waals surface area contributed by atoms with Crippen LogP contribution in [0.15, 0.2) is 52.9 Å². The van der Waals surface area contributed by atoms with Gasteiger partial charge in [0.05, 0.1) is 25.4 Å². The molecular weight excluding hydrogens is 437 g/mol. The number of hydrogen-bond donors (Lipinski definition) is 1. The fourth-order valence-electron chi connectivity index (χ4n) is 4.18. The molecule has 8 nitrogen and oxygen atoms in total. The van der Waals surface area contributed by atoms with Gasteiger partial charge in [0.1, 0.15) is 17.3 Å². The number of tetrazole rings is 1. The van der Waals surface area contributed by atoms with Gasteiger partial charge in [-0.1, -0.05) is 18.2 Å². The van der Waals surface area contributed by atoms with Crippen molar-refractivity contribution in [1.82, 2.24) is 25.6 Å². The average molecular weight is 464 g/mol. The third-order valence-corrected chi connectivity index (χ3v) is 6.03. The number of hydrogen-bond acceptors (Lipinski definition) is 7. The van der Waals surface area contributed by atoms with Crippen molar-refractivity contribution < 1.29 is 18.3 Å². The van der Waals surface area contributed by atoms with E-state index >= 15 is 0 Å². The zero-order valence-corrected chi connectivity index (χ0v) is 18.9. The minimum Gasteiger partial charge on any atom is -0.441 e. The summed E-state index contributed by atoms with van der Waals surface area (Å²) in [5.41, 5.74) is 3.48. The molecule has 0 saturated heterocycles. The van der Waals surface area contributed by atoms with Crippen molar-refractivity contribution >= 4 is 0 Å². The highest BCUT2D eigenvalue weighted by molar-refractivity contribution is 5.55. The Kier molecular flexibility index (Phi) is 6.73. The van der Waals surface area contributed by atoms with Crippen molar-refractivity contribution in [3.05, 3.63) is 71.4 Å². The molecule has 0 bridgehead atoms. The molecule has 176 valence electrons. The lowest BCUT2D eigenvalue weighted by atomic mass is 9.95. The van der Waals surface area contributed by atoms with Crippen LogP contribution in [-0.2, 0) is 22.7 Å². The molecule has 1 N–H and O–H groups in total. The summed E-state index contributed by atoms with van der Waals surface area (Å²) in [5, 5.41) is 14.2. The Morgan fingerprint density at radius 3 is 2.59 bits per heavy atom. The molecule has 2 aromatic carbocycles. The van der Waals surface area contributed by atoms with Gasteiger partial charge in [0.15, 0.2) is 0 Å². The van der Waals surface area contributed by atoms with Crippen LogP contribution in [0.1, 0.15) is 42.7 Å². The van der Waals surface area contributed by atoms with Crippen molar-refractivity contribution in [2.45, 2.75) is 58.0 Å². The van der Waals surface area contributed by atoms with Crippen molar-refractivity contribution in [2.75, 3.05) is 0 Å². The molecule has 2 aromatic heterocycles. The van der Waals surface area contributed by atoms with Gasteiger partial charge < -0.3 is 13.9 Å². The summed E-state index contributed by atoms with van der Waals surface area (Å²) >= 11 is 0. The van der Waals surface area contributed by atoms with Crippen LogP contribution in [0.5, 0.6) is 0 Å². The van der Waals surface area contributed by atoms with Crippen LogP contribution < -0.4 is 0 Å². The molecule has 0 spiro atoms. The first-order valence-electron chi connectivity index (χ1n) is 11.4. The molecule has 4 aromatic rings. The first kappa shape index (κ1) is 22.4. The summed E-state index contributed by atoms with van der Waals surface area (Å²) < 4.78 is 31.3. The quantitative estimate of drug-likeness (QED) is 0.392. The first-order valence-corrected chi connectivity index (χ1v) is 11.4. The van der Waals surface area contributed by atoms with Gasteiger partial charge in [0, 0.05) is 11.1 Å². The minimum atomic E-state index is -0.288. The van der Waals surface area contributed by atoms with Crippen LogP contribution >= 0.6 is 0 Å². The van der Waals surface area contributed by atoms with Gasteiger partial charge in [-0.2, -0.15) is 5.21 Å². The highest BCUT2D eigenvalue weighted by Crippen LogP contribution is 2.27. The molecule has 2 heterocycles. The number of aromatic amines is 1. The Morgan fingerprint density at radius 2 is 1.82 bits per heavy atom. The van der Waals surface area contributed by atoms with Crippen LogP contribution in [0, 0.1) is 12.7 Å². The molecule has 5 rings (SSSR count). The van der Waals surface area contributed by atoms with Crippen LogP contribution in [0.4, 0.5) is 4.39 Å². The molecule has 0 amide bonds. The number of H-pyrrole nitrogens is 1. The van der Waals surface area contributed by atoms with E-state index in [-0.39, 0.29) is 18.0 Å².